The van der Waals surface area contributed by atoms with E-state index in [0.717, 1.165) is 19.0 Å². The van der Waals surface area contributed by atoms with Gasteiger partial charge in [-0.2, -0.15) is 0 Å². The summed E-state index contributed by atoms with van der Waals surface area (Å²) in [6.45, 7) is 9.25. The summed E-state index contributed by atoms with van der Waals surface area (Å²) in [7, 11) is 0. The third-order valence-electron chi connectivity index (χ3n) is 3.55. The molecular formula is C15H24N2. The van der Waals surface area contributed by atoms with E-state index in [1.165, 1.54) is 37.2 Å². The Morgan fingerprint density at radius 1 is 1.29 bits per heavy atom. The summed E-state index contributed by atoms with van der Waals surface area (Å²) in [5, 5.41) is 3.49. The second-order valence-corrected chi connectivity index (χ2v) is 5.34. The Labute approximate surface area is 105 Å². The third kappa shape index (κ3) is 4.04. The molecule has 1 aromatic carbocycles. The summed E-state index contributed by atoms with van der Waals surface area (Å²) in [6, 6.07) is 8.64. The molecule has 0 radical (unpaired) electrons. The average Bonchev–Trinajstić information content (AvgIpc) is 2.32. The van der Waals surface area contributed by atoms with Crippen LogP contribution in [0, 0.1) is 12.8 Å². The van der Waals surface area contributed by atoms with E-state index in [9.17, 15) is 0 Å². The van der Waals surface area contributed by atoms with Gasteiger partial charge in [-0.25, -0.2) is 0 Å². The van der Waals surface area contributed by atoms with Crippen molar-refractivity contribution in [3.63, 3.8) is 0 Å². The fourth-order valence-electron chi connectivity index (χ4n) is 2.52. The molecule has 94 valence electrons. The van der Waals surface area contributed by atoms with Crippen LogP contribution < -0.4 is 5.32 Å². The molecule has 17 heavy (non-hydrogen) atoms. The molecule has 1 heterocycles. The fraction of sp³-hybridized carbons (Fsp3) is 0.600. The molecule has 0 aromatic heterocycles. The number of benzene rings is 1. The summed E-state index contributed by atoms with van der Waals surface area (Å²) < 4.78 is 0. The van der Waals surface area contributed by atoms with Gasteiger partial charge in [-0.15, -0.1) is 0 Å². The van der Waals surface area contributed by atoms with Gasteiger partial charge in [-0.05, 0) is 44.4 Å². The molecule has 1 atom stereocenters. The van der Waals surface area contributed by atoms with Gasteiger partial charge in [0.25, 0.3) is 0 Å². The second kappa shape index (κ2) is 6.06. The molecule has 1 aromatic rings. The van der Waals surface area contributed by atoms with Gasteiger partial charge < -0.3 is 10.2 Å². The summed E-state index contributed by atoms with van der Waals surface area (Å²) in [6.07, 6.45) is 2.77. The van der Waals surface area contributed by atoms with Crippen LogP contribution in [0.2, 0.25) is 0 Å². The molecule has 1 saturated heterocycles. The zero-order valence-corrected chi connectivity index (χ0v) is 11.1. The monoisotopic (exact) mass is 232 g/mol. The van der Waals surface area contributed by atoms with Crippen molar-refractivity contribution in [1.82, 2.24) is 4.90 Å². The minimum atomic E-state index is 0.878. The summed E-state index contributed by atoms with van der Waals surface area (Å²) in [4.78, 5) is 2.58. The van der Waals surface area contributed by atoms with Crippen LogP contribution in [-0.4, -0.2) is 31.1 Å². The van der Waals surface area contributed by atoms with Crippen LogP contribution in [-0.2, 0) is 0 Å². The molecule has 1 aliphatic heterocycles. The standard InChI is InChI=1S/C15H24N2/c1-13-5-7-15(8-6-13)16-9-11-17-10-3-4-14(2)12-17/h5-8,14,16H,3-4,9-12H2,1-2H3. The van der Waals surface area contributed by atoms with Crippen molar-refractivity contribution in [3.8, 4) is 0 Å². The highest BCUT2D eigenvalue weighted by atomic mass is 15.1. The molecule has 2 heteroatoms. The summed E-state index contributed by atoms with van der Waals surface area (Å²) >= 11 is 0. The summed E-state index contributed by atoms with van der Waals surface area (Å²) in [5.74, 6) is 0.878. The van der Waals surface area contributed by atoms with Gasteiger partial charge in [0, 0.05) is 25.3 Å². The van der Waals surface area contributed by atoms with E-state index in [0.29, 0.717) is 0 Å². The molecule has 1 fully saturated rings. The Kier molecular flexibility index (Phi) is 4.43. The lowest BCUT2D eigenvalue weighted by molar-refractivity contribution is 0.190. The van der Waals surface area contributed by atoms with Gasteiger partial charge in [0.1, 0.15) is 0 Å². The normalized spacial score (nSPS) is 21.4. The number of hydrogen-bond acceptors (Lipinski definition) is 2. The smallest absolute Gasteiger partial charge is 0.0340 e. The molecule has 0 bridgehead atoms. The average molecular weight is 232 g/mol. The Balaban J connectivity index is 1.70. The molecule has 0 saturated carbocycles. The molecule has 0 aliphatic carbocycles. The first-order chi connectivity index (χ1) is 8.24. The Morgan fingerprint density at radius 2 is 2.06 bits per heavy atom. The lowest BCUT2D eigenvalue weighted by Gasteiger charge is -2.30. The largest absolute Gasteiger partial charge is 0.384 e. The number of piperidine rings is 1. The highest BCUT2D eigenvalue weighted by molar-refractivity contribution is 5.44. The van der Waals surface area contributed by atoms with Gasteiger partial charge in [-0.3, -0.25) is 0 Å². The van der Waals surface area contributed by atoms with E-state index < -0.39 is 0 Å². The zero-order valence-electron chi connectivity index (χ0n) is 11.1. The van der Waals surface area contributed by atoms with Gasteiger partial charge in [0.05, 0.1) is 0 Å². The quantitative estimate of drug-likeness (QED) is 0.858. The molecule has 0 amide bonds. The molecule has 1 N–H and O–H groups in total. The second-order valence-electron chi connectivity index (χ2n) is 5.34. The maximum atomic E-state index is 3.49. The molecule has 2 rings (SSSR count). The predicted octanol–water partition coefficient (Wildman–Crippen LogP) is 3.14. The maximum Gasteiger partial charge on any atom is 0.0340 e. The SMILES string of the molecule is Cc1ccc(NCCN2CCCC(C)C2)cc1. The van der Waals surface area contributed by atoms with Gasteiger partial charge in [-0.1, -0.05) is 24.6 Å². The first kappa shape index (κ1) is 12.4. The molecule has 0 spiro atoms. The van der Waals surface area contributed by atoms with Gasteiger partial charge >= 0.3 is 0 Å². The van der Waals surface area contributed by atoms with E-state index in [4.69, 9.17) is 0 Å². The number of rotatable bonds is 4. The lowest BCUT2D eigenvalue weighted by Crippen LogP contribution is -2.37. The first-order valence-electron chi connectivity index (χ1n) is 6.77. The van der Waals surface area contributed by atoms with Crippen LogP contribution in [0.15, 0.2) is 24.3 Å². The van der Waals surface area contributed by atoms with Gasteiger partial charge in [0.15, 0.2) is 0 Å². The van der Waals surface area contributed by atoms with Gasteiger partial charge in [0.2, 0.25) is 0 Å². The molecule has 2 nitrogen and oxygen atoms in total. The fourth-order valence-corrected chi connectivity index (χ4v) is 2.52. The van der Waals surface area contributed by atoms with Crippen LogP contribution in [0.3, 0.4) is 0 Å². The lowest BCUT2D eigenvalue weighted by atomic mass is 10.0. The molecule has 1 unspecified atom stereocenters. The van der Waals surface area contributed by atoms with E-state index in [1.807, 2.05) is 0 Å². The Hall–Kier alpha value is -1.02. The first-order valence-corrected chi connectivity index (χ1v) is 6.77. The number of anilines is 1. The van der Waals surface area contributed by atoms with Crippen molar-refractivity contribution in [3.05, 3.63) is 29.8 Å². The Morgan fingerprint density at radius 3 is 2.76 bits per heavy atom. The highest BCUT2D eigenvalue weighted by Crippen LogP contribution is 2.15. The minimum Gasteiger partial charge on any atom is -0.384 e. The highest BCUT2D eigenvalue weighted by Gasteiger charge is 2.15. The number of nitrogens with zero attached hydrogens (tertiary/aromatic N) is 1. The number of nitrogens with one attached hydrogen (secondary N) is 1. The number of aryl methyl sites for hydroxylation is 1. The van der Waals surface area contributed by atoms with Crippen LogP contribution in [0.1, 0.15) is 25.3 Å². The predicted molar refractivity (Wildman–Crippen MR) is 74.5 cm³/mol. The van der Waals surface area contributed by atoms with Crippen molar-refractivity contribution >= 4 is 5.69 Å². The number of likely N-dealkylation sites (tertiary alicyclic amines) is 1. The van der Waals surface area contributed by atoms with Crippen molar-refractivity contribution < 1.29 is 0 Å². The van der Waals surface area contributed by atoms with E-state index in [1.54, 1.807) is 0 Å². The van der Waals surface area contributed by atoms with E-state index in [2.05, 4.69) is 48.3 Å². The number of hydrogen-bond donors (Lipinski definition) is 1. The van der Waals surface area contributed by atoms with Crippen molar-refractivity contribution in [2.75, 3.05) is 31.5 Å². The molecule has 1 aliphatic rings. The maximum absolute atomic E-state index is 3.49. The Bertz CT molecular complexity index is 331. The van der Waals surface area contributed by atoms with E-state index >= 15 is 0 Å². The summed E-state index contributed by atoms with van der Waals surface area (Å²) in [5.41, 5.74) is 2.56. The van der Waals surface area contributed by atoms with E-state index in [-0.39, 0.29) is 0 Å². The molecular weight excluding hydrogens is 208 g/mol. The van der Waals surface area contributed by atoms with Crippen molar-refractivity contribution in [1.29, 1.82) is 0 Å². The topological polar surface area (TPSA) is 15.3 Å². The van der Waals surface area contributed by atoms with Crippen LogP contribution >= 0.6 is 0 Å². The van der Waals surface area contributed by atoms with Crippen LogP contribution in [0.5, 0.6) is 0 Å². The third-order valence-corrected chi connectivity index (χ3v) is 3.55. The minimum absolute atomic E-state index is 0.878. The van der Waals surface area contributed by atoms with Crippen molar-refractivity contribution in [2.24, 2.45) is 5.92 Å². The zero-order chi connectivity index (χ0) is 12.1. The van der Waals surface area contributed by atoms with Crippen LogP contribution in [0.4, 0.5) is 5.69 Å². The van der Waals surface area contributed by atoms with Crippen molar-refractivity contribution in [2.45, 2.75) is 26.7 Å². The van der Waals surface area contributed by atoms with Crippen LogP contribution in [0.25, 0.3) is 0 Å².